The van der Waals surface area contributed by atoms with E-state index in [1.807, 2.05) is 24.4 Å². The first-order valence-corrected chi connectivity index (χ1v) is 7.37. The Kier molecular flexibility index (Phi) is 4.19. The van der Waals surface area contributed by atoms with Crippen LogP contribution in [-0.2, 0) is 0 Å². The van der Waals surface area contributed by atoms with Crippen LogP contribution in [0.25, 0.3) is 10.9 Å². The minimum atomic E-state index is 0.605. The van der Waals surface area contributed by atoms with Gasteiger partial charge in [0.1, 0.15) is 12.4 Å². The molecule has 0 saturated carbocycles. The molecule has 0 aliphatic rings. The number of ether oxygens (including phenoxy) is 1. The summed E-state index contributed by atoms with van der Waals surface area (Å²) in [5.74, 6) is 0.939. The molecule has 0 fully saturated rings. The lowest BCUT2D eigenvalue weighted by atomic mass is 10.1. The number of anilines is 1. The van der Waals surface area contributed by atoms with Gasteiger partial charge in [-0.3, -0.25) is 9.97 Å². The first-order chi connectivity index (χ1) is 10.7. The molecule has 0 atom stereocenters. The zero-order chi connectivity index (χ0) is 15.4. The lowest BCUT2D eigenvalue weighted by Gasteiger charge is -2.12. The van der Waals surface area contributed by atoms with Gasteiger partial charge in [-0.1, -0.05) is 17.7 Å². The normalized spacial score (nSPS) is 10.6. The van der Waals surface area contributed by atoms with Gasteiger partial charge in [0.05, 0.1) is 5.52 Å². The van der Waals surface area contributed by atoms with Crippen molar-refractivity contribution in [1.82, 2.24) is 9.97 Å². The smallest absolute Gasteiger partial charge is 0.122 e. The maximum atomic E-state index is 5.83. The summed E-state index contributed by atoms with van der Waals surface area (Å²) in [4.78, 5) is 8.48. The predicted octanol–water partition coefficient (Wildman–Crippen LogP) is 3.74. The van der Waals surface area contributed by atoms with Crippen molar-refractivity contribution in [1.29, 1.82) is 0 Å². The number of pyridine rings is 2. The Hall–Kier alpha value is -2.62. The van der Waals surface area contributed by atoms with Crippen molar-refractivity contribution in [2.75, 3.05) is 18.5 Å². The number of aryl methyl sites for hydroxylation is 2. The highest BCUT2D eigenvalue weighted by molar-refractivity contribution is 5.90. The van der Waals surface area contributed by atoms with Crippen molar-refractivity contribution in [3.8, 4) is 5.75 Å². The van der Waals surface area contributed by atoms with E-state index in [0.717, 1.165) is 28.9 Å². The van der Waals surface area contributed by atoms with E-state index in [-0.39, 0.29) is 0 Å². The van der Waals surface area contributed by atoms with Crippen LogP contribution in [0.15, 0.2) is 48.9 Å². The van der Waals surface area contributed by atoms with Crippen LogP contribution in [0.3, 0.4) is 0 Å². The van der Waals surface area contributed by atoms with Crippen molar-refractivity contribution >= 4 is 16.6 Å². The molecule has 0 spiro atoms. The third kappa shape index (κ3) is 3.17. The van der Waals surface area contributed by atoms with E-state index in [1.165, 1.54) is 11.1 Å². The van der Waals surface area contributed by atoms with Crippen molar-refractivity contribution < 1.29 is 4.74 Å². The number of nitrogens with one attached hydrogen (secondary N) is 1. The van der Waals surface area contributed by atoms with Crippen molar-refractivity contribution in [2.24, 2.45) is 0 Å². The van der Waals surface area contributed by atoms with Crippen LogP contribution in [0.1, 0.15) is 11.1 Å². The molecular weight excluding hydrogens is 274 g/mol. The molecule has 4 nitrogen and oxygen atoms in total. The fraction of sp³-hybridized carbons (Fsp3) is 0.222. The molecule has 1 N–H and O–H groups in total. The summed E-state index contributed by atoms with van der Waals surface area (Å²) in [5, 5.41) is 4.41. The van der Waals surface area contributed by atoms with Crippen LogP contribution < -0.4 is 10.1 Å². The van der Waals surface area contributed by atoms with Gasteiger partial charge in [0.2, 0.25) is 0 Å². The van der Waals surface area contributed by atoms with Crippen molar-refractivity contribution in [2.45, 2.75) is 13.8 Å². The van der Waals surface area contributed by atoms with Gasteiger partial charge < -0.3 is 10.1 Å². The zero-order valence-electron chi connectivity index (χ0n) is 12.8. The van der Waals surface area contributed by atoms with Gasteiger partial charge in [-0.15, -0.1) is 0 Å². The van der Waals surface area contributed by atoms with Gasteiger partial charge in [0, 0.05) is 36.2 Å². The standard InChI is InChI=1S/C18H19N3O/c1-13-3-4-18(14(2)11-13)22-10-9-21-17-6-8-20-16-5-7-19-12-15(16)17/h3-8,11-12H,9-10H2,1-2H3,(H,20,21). The lowest BCUT2D eigenvalue weighted by Crippen LogP contribution is -2.12. The minimum Gasteiger partial charge on any atom is -0.491 e. The summed E-state index contributed by atoms with van der Waals surface area (Å²) in [7, 11) is 0. The van der Waals surface area contributed by atoms with Crippen LogP contribution in [0.2, 0.25) is 0 Å². The van der Waals surface area contributed by atoms with Gasteiger partial charge in [0.25, 0.3) is 0 Å². The van der Waals surface area contributed by atoms with E-state index < -0.39 is 0 Å². The largest absolute Gasteiger partial charge is 0.491 e. The summed E-state index contributed by atoms with van der Waals surface area (Å²) in [5.41, 5.74) is 4.38. The lowest BCUT2D eigenvalue weighted by molar-refractivity contribution is 0.330. The Morgan fingerprint density at radius 3 is 2.86 bits per heavy atom. The number of hydrogen-bond acceptors (Lipinski definition) is 4. The quantitative estimate of drug-likeness (QED) is 0.728. The van der Waals surface area contributed by atoms with Gasteiger partial charge in [-0.25, -0.2) is 0 Å². The van der Waals surface area contributed by atoms with Crippen molar-refractivity contribution in [3.05, 3.63) is 60.0 Å². The molecule has 2 aromatic heterocycles. The topological polar surface area (TPSA) is 47.0 Å². The molecule has 22 heavy (non-hydrogen) atoms. The molecule has 2 heterocycles. The average molecular weight is 293 g/mol. The fourth-order valence-electron chi connectivity index (χ4n) is 2.45. The summed E-state index contributed by atoms with van der Waals surface area (Å²) in [6.45, 7) is 5.48. The third-order valence-electron chi connectivity index (χ3n) is 3.55. The van der Waals surface area contributed by atoms with Crippen LogP contribution in [0, 0.1) is 13.8 Å². The van der Waals surface area contributed by atoms with E-state index in [4.69, 9.17) is 4.74 Å². The van der Waals surface area contributed by atoms with Gasteiger partial charge in [0.15, 0.2) is 0 Å². The molecular formula is C18H19N3O. The summed E-state index contributed by atoms with van der Waals surface area (Å²) in [6.07, 6.45) is 5.38. The SMILES string of the molecule is Cc1ccc(OCCNc2ccnc3ccncc23)c(C)c1. The number of hydrogen-bond donors (Lipinski definition) is 1. The van der Waals surface area contributed by atoms with E-state index in [9.17, 15) is 0 Å². The number of aromatic nitrogens is 2. The molecule has 4 heteroatoms. The highest BCUT2D eigenvalue weighted by atomic mass is 16.5. The molecule has 0 saturated heterocycles. The highest BCUT2D eigenvalue weighted by Crippen LogP contribution is 2.20. The maximum Gasteiger partial charge on any atom is 0.122 e. The molecule has 112 valence electrons. The van der Waals surface area contributed by atoms with E-state index in [1.54, 1.807) is 12.4 Å². The van der Waals surface area contributed by atoms with Crippen LogP contribution in [-0.4, -0.2) is 23.1 Å². The third-order valence-corrected chi connectivity index (χ3v) is 3.55. The second-order valence-corrected chi connectivity index (χ2v) is 5.30. The summed E-state index contributed by atoms with van der Waals surface area (Å²) < 4.78 is 5.83. The summed E-state index contributed by atoms with van der Waals surface area (Å²) in [6, 6.07) is 10.1. The number of benzene rings is 1. The highest BCUT2D eigenvalue weighted by Gasteiger charge is 2.02. The number of fused-ring (bicyclic) bond motifs is 1. The molecule has 1 aromatic carbocycles. The van der Waals surface area contributed by atoms with E-state index in [2.05, 4.69) is 41.3 Å². The predicted molar refractivity (Wildman–Crippen MR) is 89.4 cm³/mol. The number of nitrogens with zero attached hydrogens (tertiary/aromatic N) is 2. The second-order valence-electron chi connectivity index (χ2n) is 5.30. The Bertz CT molecular complexity index is 781. The van der Waals surface area contributed by atoms with Gasteiger partial charge >= 0.3 is 0 Å². The Labute approximate surface area is 130 Å². The van der Waals surface area contributed by atoms with Crippen LogP contribution >= 0.6 is 0 Å². The minimum absolute atomic E-state index is 0.605. The van der Waals surface area contributed by atoms with Crippen LogP contribution in [0.5, 0.6) is 5.75 Å². The molecule has 0 amide bonds. The van der Waals surface area contributed by atoms with Gasteiger partial charge in [-0.2, -0.15) is 0 Å². The van der Waals surface area contributed by atoms with Crippen molar-refractivity contribution in [3.63, 3.8) is 0 Å². The molecule has 0 aliphatic carbocycles. The van der Waals surface area contributed by atoms with E-state index in [0.29, 0.717) is 6.61 Å². The first kappa shape index (κ1) is 14.3. The molecule has 0 bridgehead atoms. The maximum absolute atomic E-state index is 5.83. The van der Waals surface area contributed by atoms with E-state index >= 15 is 0 Å². The Morgan fingerprint density at radius 2 is 2.00 bits per heavy atom. The van der Waals surface area contributed by atoms with Gasteiger partial charge in [-0.05, 0) is 37.6 Å². The fourth-order valence-corrected chi connectivity index (χ4v) is 2.45. The monoisotopic (exact) mass is 293 g/mol. The molecule has 0 aliphatic heterocycles. The average Bonchev–Trinajstić information content (AvgIpc) is 2.53. The Morgan fingerprint density at radius 1 is 1.09 bits per heavy atom. The molecule has 3 aromatic rings. The Balaban J connectivity index is 1.61. The molecule has 3 rings (SSSR count). The number of rotatable bonds is 5. The second kappa shape index (κ2) is 6.43. The first-order valence-electron chi connectivity index (χ1n) is 7.37. The molecule has 0 radical (unpaired) electrons. The van der Waals surface area contributed by atoms with Crippen LogP contribution in [0.4, 0.5) is 5.69 Å². The molecule has 0 unspecified atom stereocenters. The zero-order valence-corrected chi connectivity index (χ0v) is 12.8. The summed E-state index contributed by atoms with van der Waals surface area (Å²) >= 11 is 0.